The third-order valence-electron chi connectivity index (χ3n) is 5.21. The molecule has 4 rings (SSSR count). The van der Waals surface area contributed by atoms with Gasteiger partial charge in [0.05, 0.1) is 35.6 Å². The van der Waals surface area contributed by atoms with Crippen molar-refractivity contribution in [1.29, 1.82) is 0 Å². The predicted molar refractivity (Wildman–Crippen MR) is 114 cm³/mol. The lowest BCUT2D eigenvalue weighted by Crippen LogP contribution is -3.08. The highest BCUT2D eigenvalue weighted by Gasteiger charge is 2.26. The highest BCUT2D eigenvalue weighted by atomic mass is 35.5. The van der Waals surface area contributed by atoms with E-state index in [1.54, 1.807) is 28.0 Å². The third-order valence-corrected chi connectivity index (χ3v) is 6.57. The zero-order valence-corrected chi connectivity index (χ0v) is 17.5. The van der Waals surface area contributed by atoms with Gasteiger partial charge in [-0.1, -0.05) is 24.6 Å². The average molecular weight is 420 g/mol. The van der Waals surface area contributed by atoms with Gasteiger partial charge < -0.3 is 15.3 Å². The molecule has 0 spiro atoms. The van der Waals surface area contributed by atoms with Crippen molar-refractivity contribution in [3.05, 3.63) is 50.1 Å². The summed E-state index contributed by atoms with van der Waals surface area (Å²) in [6.07, 6.45) is 1.00. The van der Waals surface area contributed by atoms with E-state index in [0.29, 0.717) is 35.0 Å². The summed E-state index contributed by atoms with van der Waals surface area (Å²) < 4.78 is 1.58. The van der Waals surface area contributed by atoms with Crippen molar-refractivity contribution in [3.8, 4) is 5.69 Å². The molecule has 1 unspecified atom stereocenters. The minimum absolute atomic E-state index is 0.0854. The number of benzene rings is 1. The van der Waals surface area contributed by atoms with E-state index in [1.807, 2.05) is 19.1 Å². The second-order valence-electron chi connectivity index (χ2n) is 7.32. The fourth-order valence-electron chi connectivity index (χ4n) is 3.59. The molecule has 0 radical (unpaired) electrons. The molecule has 3 heterocycles. The number of fused-ring (bicyclic) bond motifs is 3. The summed E-state index contributed by atoms with van der Waals surface area (Å²) in [5, 5.41) is 14.4. The molecular formula is C20H24ClN4O2S+. The highest BCUT2D eigenvalue weighted by molar-refractivity contribution is 7.18. The Bertz CT molecular complexity index is 1080. The number of hydrogen-bond donors (Lipinski definition) is 3. The summed E-state index contributed by atoms with van der Waals surface area (Å²) >= 11 is 7.79. The van der Waals surface area contributed by atoms with E-state index in [2.05, 4.69) is 12.4 Å². The molecule has 0 saturated carbocycles. The van der Waals surface area contributed by atoms with E-state index in [1.165, 1.54) is 9.78 Å². The number of likely N-dealkylation sites (N-methyl/N-ethyl adjacent to an activating group) is 1. The molecule has 148 valence electrons. The van der Waals surface area contributed by atoms with Crippen LogP contribution in [0.4, 0.5) is 5.95 Å². The Labute approximate surface area is 172 Å². The van der Waals surface area contributed by atoms with Crippen molar-refractivity contribution in [2.45, 2.75) is 32.4 Å². The fourth-order valence-corrected chi connectivity index (χ4v) is 5.09. The van der Waals surface area contributed by atoms with Crippen LogP contribution in [0.5, 0.6) is 0 Å². The van der Waals surface area contributed by atoms with Crippen LogP contribution in [0.25, 0.3) is 15.9 Å². The SMILES string of the molecule is CC[C@@H](O)CNc1nc2sc3c(c2c(=O)n1-c1cccc(Cl)c1)CC[NH+](C)C3. The molecule has 2 aromatic heterocycles. The molecule has 1 aromatic carbocycles. The number of aliphatic hydroxyl groups excluding tert-OH is 1. The molecular weight excluding hydrogens is 396 g/mol. The molecule has 3 N–H and O–H groups in total. The van der Waals surface area contributed by atoms with E-state index in [9.17, 15) is 9.90 Å². The lowest BCUT2D eigenvalue weighted by Gasteiger charge is -2.19. The van der Waals surface area contributed by atoms with Crippen LogP contribution < -0.4 is 15.8 Å². The first-order valence-electron chi connectivity index (χ1n) is 9.54. The molecule has 3 aromatic rings. The molecule has 0 aliphatic carbocycles. The summed E-state index contributed by atoms with van der Waals surface area (Å²) in [5.41, 5.74) is 1.72. The molecule has 1 aliphatic rings. The van der Waals surface area contributed by atoms with Crippen LogP contribution in [0.15, 0.2) is 29.1 Å². The molecule has 6 nitrogen and oxygen atoms in total. The summed E-state index contributed by atoms with van der Waals surface area (Å²) in [6.45, 7) is 4.18. The first kappa shape index (κ1) is 19.4. The van der Waals surface area contributed by atoms with Gasteiger partial charge in [0.15, 0.2) is 0 Å². The smallest absolute Gasteiger partial charge is 0.268 e. The molecule has 2 atom stereocenters. The molecule has 1 aliphatic heterocycles. The van der Waals surface area contributed by atoms with E-state index in [4.69, 9.17) is 16.6 Å². The van der Waals surface area contributed by atoms with Crippen molar-refractivity contribution in [2.24, 2.45) is 0 Å². The standard InChI is InChI=1S/C20H23ClN4O2S/c1-3-14(26)10-22-20-23-18-17(15-7-8-24(2)11-16(15)28-18)19(27)25(20)13-6-4-5-12(21)9-13/h4-6,9,14,26H,3,7-8,10-11H2,1-2H3,(H,22,23)/p+1/t14-/m1/s1. The largest absolute Gasteiger partial charge is 0.391 e. The van der Waals surface area contributed by atoms with Crippen molar-refractivity contribution in [1.82, 2.24) is 9.55 Å². The first-order chi connectivity index (χ1) is 13.5. The zero-order valence-electron chi connectivity index (χ0n) is 16.0. The first-order valence-corrected chi connectivity index (χ1v) is 10.7. The minimum atomic E-state index is -0.505. The van der Waals surface area contributed by atoms with Gasteiger partial charge in [-0.3, -0.25) is 4.79 Å². The van der Waals surface area contributed by atoms with Crippen LogP contribution in [0.1, 0.15) is 23.8 Å². The molecule has 8 heteroatoms. The van der Waals surface area contributed by atoms with Gasteiger partial charge in [0, 0.05) is 18.0 Å². The van der Waals surface area contributed by atoms with Gasteiger partial charge >= 0.3 is 0 Å². The number of thiophene rings is 1. The normalized spacial score (nSPS) is 17.5. The Kier molecular flexibility index (Phi) is 5.42. The van der Waals surface area contributed by atoms with Gasteiger partial charge in [0.2, 0.25) is 5.95 Å². The second kappa shape index (κ2) is 7.83. The quantitative estimate of drug-likeness (QED) is 0.590. The summed E-state index contributed by atoms with van der Waals surface area (Å²) in [4.78, 5) is 21.8. The Balaban J connectivity index is 1.92. The lowest BCUT2D eigenvalue weighted by atomic mass is 10.1. The molecule has 0 fully saturated rings. The summed E-state index contributed by atoms with van der Waals surface area (Å²) in [7, 11) is 2.17. The van der Waals surface area contributed by atoms with Crippen LogP contribution in [0, 0.1) is 0 Å². The number of anilines is 1. The maximum Gasteiger partial charge on any atom is 0.268 e. The second-order valence-corrected chi connectivity index (χ2v) is 8.84. The zero-order chi connectivity index (χ0) is 19.8. The third kappa shape index (κ3) is 3.55. The maximum atomic E-state index is 13.6. The monoisotopic (exact) mass is 419 g/mol. The number of nitrogens with zero attached hydrogens (tertiary/aromatic N) is 2. The van der Waals surface area contributed by atoms with Crippen molar-refractivity contribution >= 4 is 39.1 Å². The summed E-state index contributed by atoms with van der Waals surface area (Å²) in [6, 6.07) is 7.20. The van der Waals surface area contributed by atoms with Crippen LogP contribution in [-0.4, -0.2) is 40.9 Å². The van der Waals surface area contributed by atoms with Crippen LogP contribution in [0.2, 0.25) is 5.02 Å². The Morgan fingerprint density at radius 3 is 3.04 bits per heavy atom. The van der Waals surface area contributed by atoms with Crippen molar-refractivity contribution in [3.63, 3.8) is 0 Å². The maximum absolute atomic E-state index is 13.6. The Morgan fingerprint density at radius 1 is 1.46 bits per heavy atom. The number of rotatable bonds is 5. The number of hydrogen-bond acceptors (Lipinski definition) is 5. The number of nitrogens with one attached hydrogen (secondary N) is 2. The van der Waals surface area contributed by atoms with Gasteiger partial charge in [-0.15, -0.1) is 11.3 Å². The van der Waals surface area contributed by atoms with Gasteiger partial charge in [-0.05, 0) is 30.2 Å². The van der Waals surface area contributed by atoms with Gasteiger partial charge in [-0.2, -0.15) is 0 Å². The molecule has 0 amide bonds. The molecule has 0 bridgehead atoms. The van der Waals surface area contributed by atoms with Crippen LogP contribution in [-0.2, 0) is 13.0 Å². The van der Waals surface area contributed by atoms with Crippen molar-refractivity contribution < 1.29 is 10.0 Å². The van der Waals surface area contributed by atoms with Gasteiger partial charge in [-0.25, -0.2) is 9.55 Å². The lowest BCUT2D eigenvalue weighted by molar-refractivity contribution is -0.895. The van der Waals surface area contributed by atoms with Gasteiger partial charge in [0.25, 0.3) is 5.56 Å². The minimum Gasteiger partial charge on any atom is -0.391 e. The van der Waals surface area contributed by atoms with E-state index >= 15 is 0 Å². The number of aliphatic hydroxyl groups is 1. The van der Waals surface area contributed by atoms with E-state index < -0.39 is 6.10 Å². The molecule has 28 heavy (non-hydrogen) atoms. The molecule has 0 saturated heterocycles. The number of aromatic nitrogens is 2. The predicted octanol–water partition coefficient (Wildman–Crippen LogP) is 1.85. The summed E-state index contributed by atoms with van der Waals surface area (Å²) in [5.74, 6) is 0.437. The van der Waals surface area contributed by atoms with Crippen molar-refractivity contribution in [2.75, 3.05) is 25.5 Å². The topological polar surface area (TPSA) is 71.6 Å². The average Bonchev–Trinajstić information content (AvgIpc) is 3.03. The number of quaternary nitrogens is 1. The fraction of sp³-hybridized carbons (Fsp3) is 0.400. The van der Waals surface area contributed by atoms with E-state index in [0.717, 1.165) is 29.9 Å². The van der Waals surface area contributed by atoms with E-state index in [-0.39, 0.29) is 5.56 Å². The van der Waals surface area contributed by atoms with Crippen LogP contribution in [0.3, 0.4) is 0 Å². The number of halogens is 1. The Hall–Kier alpha value is -1.93. The highest BCUT2D eigenvalue weighted by Crippen LogP contribution is 2.31. The van der Waals surface area contributed by atoms with Crippen LogP contribution >= 0.6 is 22.9 Å². The Morgan fingerprint density at radius 2 is 2.29 bits per heavy atom. The van der Waals surface area contributed by atoms with Gasteiger partial charge in [0.1, 0.15) is 11.4 Å².